The summed E-state index contributed by atoms with van der Waals surface area (Å²) in [6.07, 6.45) is 25.6. The average Bonchev–Trinajstić information content (AvgIpc) is 2.45. The second kappa shape index (κ2) is 10.2. The highest BCUT2D eigenvalue weighted by atomic mass is 16.6. The molecule has 3 heteroatoms. The van der Waals surface area contributed by atoms with Crippen LogP contribution < -0.4 is 5.32 Å². The van der Waals surface area contributed by atoms with E-state index in [1.165, 1.54) is 0 Å². The molecule has 1 aliphatic rings. The molecule has 0 bridgehead atoms. The number of hydrogen-bond donors (Lipinski definition) is 1. The Balaban J connectivity index is 2.83. The van der Waals surface area contributed by atoms with Gasteiger partial charge in [0.1, 0.15) is 5.60 Å². The zero-order valence-corrected chi connectivity index (χ0v) is 14.0. The van der Waals surface area contributed by atoms with Crippen molar-refractivity contribution in [2.24, 2.45) is 0 Å². The lowest BCUT2D eigenvalue weighted by atomic mass is 10.2. The first kappa shape index (κ1) is 18.5. The number of amides is 1. The first-order valence-electron chi connectivity index (χ1n) is 7.67. The Bertz CT molecular complexity index is 579. The lowest BCUT2D eigenvalue weighted by molar-refractivity contribution is 0.0548. The molecule has 0 saturated heterocycles. The van der Waals surface area contributed by atoms with E-state index < -0.39 is 11.7 Å². The molecule has 0 unspecified atom stereocenters. The zero-order chi connectivity index (χ0) is 17.0. The molecule has 0 spiro atoms. The van der Waals surface area contributed by atoms with E-state index >= 15 is 0 Å². The summed E-state index contributed by atoms with van der Waals surface area (Å²) < 4.78 is 5.27. The number of hydrogen-bond acceptors (Lipinski definition) is 2. The summed E-state index contributed by atoms with van der Waals surface area (Å²) in [7, 11) is 0. The molecule has 0 aliphatic heterocycles. The highest BCUT2D eigenvalue weighted by molar-refractivity contribution is 5.70. The Morgan fingerprint density at radius 2 is 1.48 bits per heavy atom. The summed E-state index contributed by atoms with van der Waals surface area (Å²) in [6, 6.07) is 0. The predicted octanol–water partition coefficient (Wildman–Crippen LogP) is 5.14. The Hall–Kier alpha value is -2.55. The van der Waals surface area contributed by atoms with Crippen molar-refractivity contribution in [1.29, 1.82) is 0 Å². The highest BCUT2D eigenvalue weighted by Crippen LogP contribution is 2.07. The molecule has 0 radical (unpaired) electrons. The third kappa shape index (κ3) is 10.8. The summed E-state index contributed by atoms with van der Waals surface area (Å²) in [5, 5.41) is 2.74. The molecule has 1 amide bonds. The van der Waals surface area contributed by atoms with Gasteiger partial charge in [-0.25, -0.2) is 4.79 Å². The molecule has 0 aromatic heterocycles. The first-order valence-corrected chi connectivity index (χ1v) is 7.67. The second-order valence-electron chi connectivity index (χ2n) is 5.85. The molecular formula is C20H25NO2. The van der Waals surface area contributed by atoms with Crippen molar-refractivity contribution >= 4 is 6.09 Å². The van der Waals surface area contributed by atoms with Gasteiger partial charge in [-0.2, -0.15) is 0 Å². The minimum atomic E-state index is -0.523. The molecule has 0 aromatic rings. The number of ether oxygens (including phenoxy) is 1. The molecule has 0 heterocycles. The predicted molar refractivity (Wildman–Crippen MR) is 96.9 cm³/mol. The summed E-state index contributed by atoms with van der Waals surface area (Å²) in [4.78, 5) is 11.9. The van der Waals surface area contributed by atoms with Crippen molar-refractivity contribution in [2.45, 2.75) is 32.8 Å². The molecule has 1 N–H and O–H groups in total. The molecule has 122 valence electrons. The fourth-order valence-electron chi connectivity index (χ4n) is 1.59. The molecule has 0 fully saturated rings. The lowest BCUT2D eigenvalue weighted by Gasteiger charge is -2.19. The van der Waals surface area contributed by atoms with Crippen molar-refractivity contribution in [3.63, 3.8) is 0 Å². The summed E-state index contributed by atoms with van der Waals surface area (Å²) in [5.74, 6) is 0. The van der Waals surface area contributed by atoms with E-state index in [0.29, 0.717) is 5.70 Å². The number of carbonyl (C=O) groups excluding carboxylic acids is 1. The average molecular weight is 311 g/mol. The highest BCUT2D eigenvalue weighted by Gasteiger charge is 2.16. The normalized spacial score (nSPS) is 26.3. The van der Waals surface area contributed by atoms with Crippen LogP contribution in [0.25, 0.3) is 0 Å². The van der Waals surface area contributed by atoms with Crippen LogP contribution in [0, 0.1) is 0 Å². The van der Waals surface area contributed by atoms with E-state index in [0.717, 1.165) is 6.42 Å². The van der Waals surface area contributed by atoms with Gasteiger partial charge in [0.2, 0.25) is 0 Å². The quantitative estimate of drug-likeness (QED) is 0.728. The standard InChI is InChI=1S/C20H25NO2/c1-20(2,3)23-19(22)21-18-16-14-12-10-8-6-4-5-7-9-11-13-15-17-18/h4-6,8-17H,7H2,1-3H3,(H,21,22)/b5-4-,8-6-,11-9-,12-10+,15-13-,16-14-,18-17+. The van der Waals surface area contributed by atoms with E-state index in [4.69, 9.17) is 4.74 Å². The largest absolute Gasteiger partial charge is 0.444 e. The molecule has 0 atom stereocenters. The van der Waals surface area contributed by atoms with Crippen LogP contribution in [-0.4, -0.2) is 11.7 Å². The third-order valence-corrected chi connectivity index (χ3v) is 2.52. The maximum Gasteiger partial charge on any atom is 0.412 e. The summed E-state index contributed by atoms with van der Waals surface area (Å²) in [6.45, 7) is 5.50. The lowest BCUT2D eigenvalue weighted by Crippen LogP contribution is -2.31. The van der Waals surface area contributed by atoms with Gasteiger partial charge in [0.25, 0.3) is 0 Å². The summed E-state index contributed by atoms with van der Waals surface area (Å²) >= 11 is 0. The molecular weight excluding hydrogens is 286 g/mol. The topological polar surface area (TPSA) is 38.3 Å². The van der Waals surface area contributed by atoms with Crippen molar-refractivity contribution in [3.05, 3.63) is 84.7 Å². The minimum absolute atomic E-state index is 0.469. The third-order valence-electron chi connectivity index (χ3n) is 2.52. The zero-order valence-electron chi connectivity index (χ0n) is 14.0. The molecule has 3 nitrogen and oxygen atoms in total. The monoisotopic (exact) mass is 311 g/mol. The van der Waals surface area contributed by atoms with Gasteiger partial charge in [-0.05, 0) is 39.3 Å². The maximum absolute atomic E-state index is 11.9. The van der Waals surface area contributed by atoms with Crippen LogP contribution in [0.3, 0.4) is 0 Å². The van der Waals surface area contributed by atoms with Gasteiger partial charge in [0.15, 0.2) is 0 Å². The van der Waals surface area contributed by atoms with Gasteiger partial charge in [-0.3, -0.25) is 5.32 Å². The Morgan fingerprint density at radius 1 is 0.913 bits per heavy atom. The van der Waals surface area contributed by atoms with E-state index in [9.17, 15) is 4.79 Å². The second-order valence-corrected chi connectivity index (χ2v) is 5.85. The van der Waals surface area contributed by atoms with Crippen molar-refractivity contribution in [1.82, 2.24) is 5.32 Å². The number of rotatable bonds is 1. The fraction of sp³-hybridized carbons (Fsp3) is 0.250. The smallest absolute Gasteiger partial charge is 0.412 e. The number of allylic oxidation sites excluding steroid dienone is 13. The molecule has 23 heavy (non-hydrogen) atoms. The van der Waals surface area contributed by atoms with Crippen LogP contribution >= 0.6 is 0 Å². The van der Waals surface area contributed by atoms with Crippen LogP contribution in [-0.2, 0) is 4.74 Å². The van der Waals surface area contributed by atoms with Gasteiger partial charge in [0, 0.05) is 5.70 Å². The minimum Gasteiger partial charge on any atom is -0.444 e. The first-order chi connectivity index (χ1) is 11.0. The van der Waals surface area contributed by atoms with Crippen LogP contribution in [0.5, 0.6) is 0 Å². The van der Waals surface area contributed by atoms with Crippen molar-refractivity contribution in [2.75, 3.05) is 0 Å². The van der Waals surface area contributed by atoms with Gasteiger partial charge in [-0.1, -0.05) is 66.8 Å². The Morgan fingerprint density at radius 3 is 2.13 bits per heavy atom. The van der Waals surface area contributed by atoms with Crippen molar-refractivity contribution in [3.8, 4) is 0 Å². The Labute approximate surface area is 139 Å². The van der Waals surface area contributed by atoms with Crippen LogP contribution in [0.15, 0.2) is 84.7 Å². The summed E-state index contributed by atoms with van der Waals surface area (Å²) in [5.41, 5.74) is 0.135. The van der Waals surface area contributed by atoms with Crippen molar-refractivity contribution < 1.29 is 9.53 Å². The van der Waals surface area contributed by atoms with E-state index in [1.54, 1.807) is 0 Å². The SMILES string of the molecule is CC(C)(C)OC(=O)NC1=C/C=C\C=C/C/C=C\C=C/C=C/C=C\1. The van der Waals surface area contributed by atoms with Gasteiger partial charge in [0.05, 0.1) is 0 Å². The number of carbonyl (C=O) groups is 1. The van der Waals surface area contributed by atoms with E-state index in [1.807, 2.05) is 87.6 Å². The van der Waals surface area contributed by atoms with Crippen LogP contribution in [0.2, 0.25) is 0 Å². The molecule has 1 aliphatic carbocycles. The molecule has 0 saturated carbocycles. The van der Waals surface area contributed by atoms with E-state index in [2.05, 4.69) is 17.5 Å². The van der Waals surface area contributed by atoms with Gasteiger partial charge < -0.3 is 4.74 Å². The number of alkyl carbamates (subject to hydrolysis) is 1. The Kier molecular flexibility index (Phi) is 8.22. The van der Waals surface area contributed by atoms with Gasteiger partial charge in [-0.15, -0.1) is 0 Å². The number of nitrogens with one attached hydrogen (secondary N) is 1. The fourth-order valence-corrected chi connectivity index (χ4v) is 1.59. The van der Waals surface area contributed by atoms with Gasteiger partial charge >= 0.3 is 6.09 Å². The van der Waals surface area contributed by atoms with Crippen LogP contribution in [0.4, 0.5) is 4.79 Å². The van der Waals surface area contributed by atoms with E-state index in [-0.39, 0.29) is 0 Å². The molecule has 0 aromatic carbocycles. The molecule has 1 rings (SSSR count). The van der Waals surface area contributed by atoms with Crippen LogP contribution in [0.1, 0.15) is 27.2 Å². The maximum atomic E-state index is 11.9.